The molecule has 15 heavy (non-hydrogen) atoms. The van der Waals surface area contributed by atoms with Gasteiger partial charge in [0, 0.05) is 17.1 Å². The molecule has 1 N–H and O–H groups in total. The highest BCUT2D eigenvalue weighted by molar-refractivity contribution is 5.82. The fourth-order valence-electron chi connectivity index (χ4n) is 1.56. The van der Waals surface area contributed by atoms with Crippen molar-refractivity contribution in [1.82, 2.24) is 20.2 Å². The zero-order chi connectivity index (χ0) is 10.1. The lowest BCUT2D eigenvalue weighted by molar-refractivity contribution is 1.12. The molecule has 0 bridgehead atoms. The summed E-state index contributed by atoms with van der Waals surface area (Å²) < 4.78 is 0. The Bertz CT molecular complexity index is 591. The van der Waals surface area contributed by atoms with Crippen LogP contribution in [0.2, 0.25) is 0 Å². The Morgan fingerprint density at radius 3 is 3.07 bits per heavy atom. The fourth-order valence-corrected chi connectivity index (χ4v) is 1.56. The van der Waals surface area contributed by atoms with Gasteiger partial charge in [0.1, 0.15) is 6.33 Å². The van der Waals surface area contributed by atoms with Gasteiger partial charge in [-0.3, -0.25) is 5.10 Å². The minimum absolute atomic E-state index is 0. The number of rotatable bonds is 1. The van der Waals surface area contributed by atoms with E-state index in [1.807, 2.05) is 24.3 Å². The molecule has 0 atom stereocenters. The molecule has 72 valence electrons. The number of aromatic amines is 1. The maximum Gasteiger partial charge on any atom is 1.00 e. The minimum atomic E-state index is 0. The standard InChI is InChI=1S/C11H8N4/c1-2-9-6-14-15-11(9)5-8(1)10-3-4-12-7-13-10/h1-7H,(H,14,15)/p+1. The molecule has 0 aliphatic rings. The largest absolute Gasteiger partial charge is 1.00 e. The summed E-state index contributed by atoms with van der Waals surface area (Å²) in [4.78, 5) is 8.09. The number of aromatic nitrogens is 4. The summed E-state index contributed by atoms with van der Waals surface area (Å²) >= 11 is 0. The molecule has 0 fully saturated rings. The molecule has 2 aromatic heterocycles. The van der Waals surface area contributed by atoms with Crippen molar-refractivity contribution in [2.75, 3.05) is 0 Å². The van der Waals surface area contributed by atoms with Crippen LogP contribution in [-0.2, 0) is 0 Å². The second-order valence-electron chi connectivity index (χ2n) is 3.27. The molecule has 4 nitrogen and oxygen atoms in total. The Kier molecular flexibility index (Phi) is 1.71. The summed E-state index contributed by atoms with van der Waals surface area (Å²) in [5.74, 6) is 0. The SMILES string of the molecule is [H+].c1cc(-c2ccc3cn[nH]c3c2)ncn1. The molecule has 0 spiro atoms. The van der Waals surface area contributed by atoms with Crippen LogP contribution in [0.3, 0.4) is 0 Å². The maximum absolute atomic E-state index is 4.19. The number of nitrogens with one attached hydrogen (secondary N) is 1. The average molecular weight is 197 g/mol. The van der Waals surface area contributed by atoms with Crippen molar-refractivity contribution in [2.45, 2.75) is 0 Å². The summed E-state index contributed by atoms with van der Waals surface area (Å²) in [5.41, 5.74) is 3.00. The van der Waals surface area contributed by atoms with Gasteiger partial charge >= 0.3 is 1.43 Å². The van der Waals surface area contributed by atoms with Crippen LogP contribution in [0.5, 0.6) is 0 Å². The van der Waals surface area contributed by atoms with Crippen LogP contribution in [0, 0.1) is 0 Å². The van der Waals surface area contributed by atoms with Crippen LogP contribution in [0.1, 0.15) is 1.43 Å². The first-order valence-corrected chi connectivity index (χ1v) is 4.63. The molecule has 0 saturated carbocycles. The predicted octanol–water partition coefficient (Wildman–Crippen LogP) is 2.13. The maximum atomic E-state index is 4.19. The third-order valence-corrected chi connectivity index (χ3v) is 2.32. The number of H-pyrrole nitrogens is 1. The summed E-state index contributed by atoms with van der Waals surface area (Å²) in [6.07, 6.45) is 5.09. The molecule has 2 heterocycles. The number of hydrogen-bond donors (Lipinski definition) is 1. The Labute approximate surface area is 87.5 Å². The molecule has 0 aliphatic carbocycles. The van der Waals surface area contributed by atoms with E-state index in [9.17, 15) is 0 Å². The van der Waals surface area contributed by atoms with E-state index in [0.717, 1.165) is 22.2 Å². The number of benzene rings is 1. The van der Waals surface area contributed by atoms with Crippen molar-refractivity contribution >= 4 is 10.9 Å². The van der Waals surface area contributed by atoms with Crippen LogP contribution in [0.25, 0.3) is 22.2 Å². The lowest BCUT2D eigenvalue weighted by Crippen LogP contribution is -1.83. The monoisotopic (exact) mass is 197 g/mol. The van der Waals surface area contributed by atoms with Gasteiger partial charge in [-0.15, -0.1) is 0 Å². The van der Waals surface area contributed by atoms with Crippen molar-refractivity contribution in [3.63, 3.8) is 0 Å². The van der Waals surface area contributed by atoms with E-state index in [2.05, 4.69) is 20.2 Å². The molecule has 1 aromatic carbocycles. The summed E-state index contributed by atoms with van der Waals surface area (Å²) in [6.45, 7) is 0. The lowest BCUT2D eigenvalue weighted by atomic mass is 10.1. The fraction of sp³-hybridized carbons (Fsp3) is 0. The Morgan fingerprint density at radius 1 is 1.20 bits per heavy atom. The first-order chi connectivity index (χ1) is 7.43. The van der Waals surface area contributed by atoms with Crippen LogP contribution in [-0.4, -0.2) is 20.2 Å². The molecule has 0 saturated heterocycles. The molecule has 0 aliphatic heterocycles. The molecule has 3 aromatic rings. The van der Waals surface area contributed by atoms with Crippen LogP contribution in [0.15, 0.2) is 43.0 Å². The highest BCUT2D eigenvalue weighted by Crippen LogP contribution is 2.20. The Balaban J connectivity index is 0.000000963. The molecule has 0 unspecified atom stereocenters. The molecule has 0 radical (unpaired) electrons. The summed E-state index contributed by atoms with van der Waals surface area (Å²) in [5, 5.41) is 8.02. The smallest absolute Gasteiger partial charge is 0.278 e. The zero-order valence-corrected chi connectivity index (χ0v) is 7.88. The van der Waals surface area contributed by atoms with E-state index in [0.29, 0.717) is 0 Å². The van der Waals surface area contributed by atoms with Gasteiger partial charge in [0.2, 0.25) is 0 Å². The van der Waals surface area contributed by atoms with Gasteiger partial charge < -0.3 is 0 Å². The highest BCUT2D eigenvalue weighted by Gasteiger charge is 2.00. The molecule has 0 amide bonds. The number of nitrogens with zero attached hydrogens (tertiary/aromatic N) is 3. The van der Waals surface area contributed by atoms with Gasteiger partial charge in [-0.05, 0) is 12.1 Å². The van der Waals surface area contributed by atoms with Crippen molar-refractivity contribution in [1.29, 1.82) is 0 Å². The van der Waals surface area contributed by atoms with Crippen molar-refractivity contribution in [3.8, 4) is 11.3 Å². The van der Waals surface area contributed by atoms with E-state index in [4.69, 9.17) is 0 Å². The molecular formula is C11H9N4+. The summed E-state index contributed by atoms with van der Waals surface area (Å²) in [6, 6.07) is 7.97. The Hall–Kier alpha value is -2.23. The van der Waals surface area contributed by atoms with Crippen molar-refractivity contribution < 1.29 is 1.43 Å². The second kappa shape index (κ2) is 3.16. The predicted molar refractivity (Wildman–Crippen MR) is 58.2 cm³/mol. The van der Waals surface area contributed by atoms with Gasteiger partial charge in [0.15, 0.2) is 0 Å². The normalized spacial score (nSPS) is 10.7. The van der Waals surface area contributed by atoms with Crippen LogP contribution in [0.4, 0.5) is 0 Å². The van der Waals surface area contributed by atoms with Crippen molar-refractivity contribution in [3.05, 3.63) is 43.0 Å². The van der Waals surface area contributed by atoms with Crippen molar-refractivity contribution in [2.24, 2.45) is 0 Å². The topological polar surface area (TPSA) is 54.5 Å². The third kappa shape index (κ3) is 1.36. The van der Waals surface area contributed by atoms with E-state index >= 15 is 0 Å². The van der Waals surface area contributed by atoms with E-state index in [1.165, 1.54) is 0 Å². The van der Waals surface area contributed by atoms with Gasteiger partial charge in [-0.1, -0.05) is 12.1 Å². The number of fused-ring (bicyclic) bond motifs is 1. The van der Waals surface area contributed by atoms with Crippen LogP contribution < -0.4 is 0 Å². The van der Waals surface area contributed by atoms with E-state index < -0.39 is 0 Å². The zero-order valence-electron chi connectivity index (χ0n) is 8.88. The van der Waals surface area contributed by atoms with E-state index in [-0.39, 0.29) is 1.43 Å². The van der Waals surface area contributed by atoms with Gasteiger partial charge in [-0.2, -0.15) is 5.10 Å². The quantitative estimate of drug-likeness (QED) is 0.650. The first kappa shape index (κ1) is 8.11. The first-order valence-electron chi connectivity index (χ1n) is 4.63. The Morgan fingerprint density at radius 2 is 2.20 bits per heavy atom. The van der Waals surface area contributed by atoms with Gasteiger partial charge in [0.25, 0.3) is 0 Å². The number of hydrogen-bond acceptors (Lipinski definition) is 3. The summed E-state index contributed by atoms with van der Waals surface area (Å²) in [7, 11) is 0. The molecule has 4 heteroatoms. The average Bonchev–Trinajstić information content (AvgIpc) is 2.77. The van der Waals surface area contributed by atoms with Gasteiger partial charge in [-0.25, -0.2) is 9.97 Å². The van der Waals surface area contributed by atoms with Gasteiger partial charge in [0.05, 0.1) is 17.4 Å². The highest BCUT2D eigenvalue weighted by atomic mass is 15.1. The minimum Gasteiger partial charge on any atom is -0.278 e. The van der Waals surface area contributed by atoms with E-state index in [1.54, 1.807) is 18.7 Å². The molecular weight excluding hydrogens is 188 g/mol. The second-order valence-corrected chi connectivity index (χ2v) is 3.27. The van der Waals surface area contributed by atoms with Crippen LogP contribution >= 0.6 is 0 Å². The lowest BCUT2D eigenvalue weighted by Gasteiger charge is -1.99. The molecule has 3 rings (SSSR count). The third-order valence-electron chi connectivity index (χ3n) is 2.32.